The van der Waals surface area contributed by atoms with Crippen LogP contribution >= 0.6 is 0 Å². The highest BCUT2D eigenvalue weighted by Gasteiger charge is 2.48. The van der Waals surface area contributed by atoms with E-state index in [0.29, 0.717) is 29.8 Å². The molecule has 0 radical (unpaired) electrons. The van der Waals surface area contributed by atoms with Crippen molar-refractivity contribution in [1.82, 2.24) is 25.5 Å². The molecule has 5 rings (SSSR count). The zero-order valence-corrected chi connectivity index (χ0v) is 23.3. The molecule has 3 atom stereocenters. The van der Waals surface area contributed by atoms with Gasteiger partial charge in [0.2, 0.25) is 0 Å². The number of alkyl halides is 3. The Morgan fingerprint density at radius 2 is 1.81 bits per heavy atom. The van der Waals surface area contributed by atoms with Gasteiger partial charge in [-0.3, -0.25) is 4.90 Å². The Morgan fingerprint density at radius 1 is 1.10 bits per heavy atom. The second kappa shape index (κ2) is 12.3. The van der Waals surface area contributed by atoms with E-state index in [2.05, 4.69) is 20.6 Å². The highest BCUT2D eigenvalue weighted by molar-refractivity contribution is 5.70. The number of likely N-dealkylation sites (tertiary alicyclic amines) is 1. The fourth-order valence-corrected chi connectivity index (χ4v) is 5.49. The lowest BCUT2D eigenvalue weighted by molar-refractivity contribution is -0.137. The summed E-state index contributed by atoms with van der Waals surface area (Å²) < 4.78 is 52.8. The predicted octanol–water partition coefficient (Wildman–Crippen LogP) is 6.72. The minimum absolute atomic E-state index is 0.0346. The molecule has 42 heavy (non-hydrogen) atoms. The monoisotopic (exact) mass is 579 g/mol. The number of carbonyl (C=O) groups excluding carboxylic acids is 1. The Morgan fingerprint density at radius 3 is 2.48 bits per heavy atom. The topological polar surface area (TPSA) is 93.2 Å². The second-order valence-electron chi connectivity index (χ2n) is 10.6. The number of ether oxygens (including phenoxy) is 2. The van der Waals surface area contributed by atoms with Crippen molar-refractivity contribution in [1.29, 1.82) is 0 Å². The summed E-state index contributed by atoms with van der Waals surface area (Å²) in [6.45, 7) is 3.70. The highest BCUT2D eigenvalue weighted by atomic mass is 19.4. The van der Waals surface area contributed by atoms with Crippen LogP contribution in [0.2, 0.25) is 0 Å². The van der Waals surface area contributed by atoms with Crippen molar-refractivity contribution in [3.05, 3.63) is 113 Å². The standard InChI is InChI=1S/C31H32F3N5O3/c1-21-15-25(17-27(16-21)31(32,33)34)22(2)42-20-30(26-11-7-4-8-12-26)14-13-24(28-35-37-38-36-28)18-39(30)29(40)41-19-23-9-5-3-6-10-23/h3-12,15-17,22,24H,13-14,18-20H2,1-2H3,(H,35,36,37,38)/t22?,24?,30-/m1/s1. The van der Waals surface area contributed by atoms with Crippen molar-refractivity contribution in [2.75, 3.05) is 13.2 Å². The van der Waals surface area contributed by atoms with Crippen molar-refractivity contribution in [2.24, 2.45) is 0 Å². The van der Waals surface area contributed by atoms with E-state index in [9.17, 15) is 18.0 Å². The average Bonchev–Trinajstić information content (AvgIpc) is 3.54. The van der Waals surface area contributed by atoms with E-state index >= 15 is 0 Å². The van der Waals surface area contributed by atoms with Crippen LogP contribution in [0.1, 0.15) is 65.4 Å². The van der Waals surface area contributed by atoms with Gasteiger partial charge < -0.3 is 9.47 Å². The maximum atomic E-state index is 13.8. The lowest BCUT2D eigenvalue weighted by atomic mass is 9.77. The van der Waals surface area contributed by atoms with Crippen LogP contribution < -0.4 is 0 Å². The van der Waals surface area contributed by atoms with Crippen LogP contribution in [0.4, 0.5) is 18.0 Å². The zero-order valence-electron chi connectivity index (χ0n) is 23.3. The van der Waals surface area contributed by atoms with Crippen LogP contribution in [0.5, 0.6) is 0 Å². The molecule has 1 saturated heterocycles. The van der Waals surface area contributed by atoms with Gasteiger partial charge in [0, 0.05) is 12.5 Å². The molecule has 0 saturated carbocycles. The van der Waals surface area contributed by atoms with E-state index < -0.39 is 29.5 Å². The van der Waals surface area contributed by atoms with E-state index in [1.807, 2.05) is 60.7 Å². The SMILES string of the molecule is Cc1cc(C(C)OC[C@@]2(c3ccccc3)CCC(c3nn[nH]n3)CN2C(=O)OCc2ccccc2)cc(C(F)(F)F)c1. The number of amides is 1. The Balaban J connectivity index is 1.47. The molecule has 3 aromatic carbocycles. The maximum absolute atomic E-state index is 13.8. The van der Waals surface area contributed by atoms with Crippen LogP contribution in [0.3, 0.4) is 0 Å². The first-order valence-electron chi connectivity index (χ1n) is 13.7. The lowest BCUT2D eigenvalue weighted by Crippen LogP contribution is -2.57. The van der Waals surface area contributed by atoms with Gasteiger partial charge in [0.15, 0.2) is 5.82 Å². The minimum Gasteiger partial charge on any atom is -0.445 e. The number of H-pyrrole nitrogens is 1. The molecule has 11 heteroatoms. The zero-order chi connectivity index (χ0) is 29.7. The largest absolute Gasteiger partial charge is 0.445 e. The smallest absolute Gasteiger partial charge is 0.416 e. The number of aromatic nitrogens is 4. The molecular formula is C31H32F3N5O3. The highest BCUT2D eigenvalue weighted by Crippen LogP contribution is 2.43. The van der Waals surface area contributed by atoms with Gasteiger partial charge >= 0.3 is 12.3 Å². The average molecular weight is 580 g/mol. The maximum Gasteiger partial charge on any atom is 0.416 e. The minimum atomic E-state index is -4.47. The molecule has 1 aromatic heterocycles. The summed E-state index contributed by atoms with van der Waals surface area (Å²) >= 11 is 0. The third kappa shape index (κ3) is 6.46. The van der Waals surface area contributed by atoms with Gasteiger partial charge in [-0.05, 0) is 55.5 Å². The number of carbonyl (C=O) groups is 1. The summed E-state index contributed by atoms with van der Waals surface area (Å²) in [5.41, 5.74) is 0.884. The van der Waals surface area contributed by atoms with Gasteiger partial charge in [0.1, 0.15) is 6.61 Å². The first kappa shape index (κ1) is 29.2. The van der Waals surface area contributed by atoms with Crippen LogP contribution in [-0.2, 0) is 27.8 Å². The molecule has 1 fully saturated rings. The molecule has 220 valence electrons. The number of nitrogens with one attached hydrogen (secondary N) is 1. The van der Waals surface area contributed by atoms with Gasteiger partial charge in [-0.15, -0.1) is 10.2 Å². The summed E-state index contributed by atoms with van der Waals surface area (Å²) in [5.74, 6) is 0.291. The molecule has 2 heterocycles. The summed E-state index contributed by atoms with van der Waals surface area (Å²) in [6.07, 6.45) is -4.59. The van der Waals surface area contributed by atoms with Gasteiger partial charge in [-0.2, -0.15) is 18.4 Å². The Labute approximate surface area is 241 Å². The van der Waals surface area contributed by atoms with Crippen molar-refractivity contribution in [2.45, 2.75) is 57.0 Å². The van der Waals surface area contributed by atoms with Crippen LogP contribution in [-0.4, -0.2) is 44.8 Å². The molecule has 4 aromatic rings. The molecule has 1 N–H and O–H groups in total. The van der Waals surface area contributed by atoms with Gasteiger partial charge in [-0.25, -0.2) is 4.79 Å². The number of benzene rings is 3. The molecule has 0 aliphatic carbocycles. The van der Waals surface area contributed by atoms with Gasteiger partial charge in [0.25, 0.3) is 0 Å². The lowest BCUT2D eigenvalue weighted by Gasteiger charge is -2.48. The van der Waals surface area contributed by atoms with Crippen molar-refractivity contribution >= 4 is 6.09 Å². The fourth-order valence-electron chi connectivity index (χ4n) is 5.49. The van der Waals surface area contributed by atoms with E-state index in [4.69, 9.17) is 9.47 Å². The molecule has 2 unspecified atom stereocenters. The van der Waals surface area contributed by atoms with E-state index in [1.165, 1.54) is 0 Å². The molecule has 1 aliphatic rings. The number of piperidine rings is 1. The summed E-state index contributed by atoms with van der Waals surface area (Å²) in [6, 6.07) is 22.8. The molecule has 0 bridgehead atoms. The number of rotatable bonds is 8. The number of aromatic amines is 1. The fraction of sp³-hybridized carbons (Fsp3) is 0.355. The van der Waals surface area contributed by atoms with Crippen molar-refractivity contribution in [3.8, 4) is 0 Å². The normalized spacial score (nSPS) is 19.8. The summed E-state index contributed by atoms with van der Waals surface area (Å²) in [5, 5.41) is 14.5. The van der Waals surface area contributed by atoms with Crippen LogP contribution in [0.15, 0.2) is 78.9 Å². The van der Waals surface area contributed by atoms with E-state index in [-0.39, 0.29) is 25.7 Å². The predicted molar refractivity (Wildman–Crippen MR) is 148 cm³/mol. The molecule has 8 nitrogen and oxygen atoms in total. The second-order valence-corrected chi connectivity index (χ2v) is 10.6. The third-order valence-corrected chi connectivity index (χ3v) is 7.76. The number of tetrazole rings is 1. The number of nitrogens with zero attached hydrogens (tertiary/aromatic N) is 4. The van der Waals surface area contributed by atoms with E-state index in [1.54, 1.807) is 24.8 Å². The molecule has 1 amide bonds. The van der Waals surface area contributed by atoms with Gasteiger partial charge in [0.05, 0.1) is 23.8 Å². The summed E-state index contributed by atoms with van der Waals surface area (Å²) in [7, 11) is 0. The number of hydrogen-bond acceptors (Lipinski definition) is 6. The first-order chi connectivity index (χ1) is 20.2. The van der Waals surface area contributed by atoms with Crippen LogP contribution in [0, 0.1) is 6.92 Å². The quantitative estimate of drug-likeness (QED) is 0.249. The Bertz CT molecular complexity index is 1470. The van der Waals surface area contributed by atoms with Crippen molar-refractivity contribution < 1.29 is 27.4 Å². The third-order valence-electron chi connectivity index (χ3n) is 7.76. The summed E-state index contributed by atoms with van der Waals surface area (Å²) in [4.78, 5) is 15.5. The number of halogens is 3. The number of hydrogen-bond donors (Lipinski definition) is 1. The van der Waals surface area contributed by atoms with E-state index in [0.717, 1.165) is 23.3 Å². The first-order valence-corrected chi connectivity index (χ1v) is 13.7. The van der Waals surface area contributed by atoms with Gasteiger partial charge in [-0.1, -0.05) is 77.5 Å². The Hall–Kier alpha value is -4.25. The van der Waals surface area contributed by atoms with Crippen LogP contribution in [0.25, 0.3) is 0 Å². The number of aryl methyl sites for hydroxylation is 1. The van der Waals surface area contributed by atoms with Crippen molar-refractivity contribution in [3.63, 3.8) is 0 Å². The Kier molecular flexibility index (Phi) is 8.58. The molecular weight excluding hydrogens is 547 g/mol. The molecule has 1 aliphatic heterocycles. The molecule has 0 spiro atoms.